The number of carboxylic acids is 1. The Bertz CT molecular complexity index is 625. The number of carboxylic acid groups (broad SMARTS) is 1. The zero-order valence-corrected chi connectivity index (χ0v) is 11.7. The topological polar surface area (TPSA) is 127 Å². The summed E-state index contributed by atoms with van der Waals surface area (Å²) in [7, 11) is -3.62. The molecule has 8 heteroatoms. The Morgan fingerprint density at radius 1 is 1.35 bits per heavy atom. The molecule has 0 atom stereocenters. The van der Waals surface area contributed by atoms with Gasteiger partial charge in [-0.3, -0.25) is 14.3 Å². The van der Waals surface area contributed by atoms with Crippen LogP contribution >= 0.6 is 0 Å². The molecule has 4 N–H and O–H groups in total. The summed E-state index contributed by atoms with van der Waals surface area (Å²) in [6.07, 6.45) is -0.177. The van der Waals surface area contributed by atoms with Crippen LogP contribution in [0.5, 0.6) is 0 Å². The summed E-state index contributed by atoms with van der Waals surface area (Å²) in [4.78, 5) is 21.3. The van der Waals surface area contributed by atoms with E-state index in [4.69, 9.17) is 10.8 Å². The number of hydrogen-bond donors (Lipinski definition) is 3. The van der Waals surface area contributed by atoms with Crippen molar-refractivity contribution in [3.8, 4) is 0 Å². The number of carbonyl (C=O) groups excluding carboxylic acids is 1. The molecule has 0 aliphatic heterocycles. The molecule has 0 spiro atoms. The predicted molar refractivity (Wildman–Crippen MR) is 74.0 cm³/mol. The van der Waals surface area contributed by atoms with E-state index in [1.54, 1.807) is 6.92 Å². The number of nitrogens with two attached hydrogens (primary N) is 1. The van der Waals surface area contributed by atoms with E-state index in [0.29, 0.717) is 11.3 Å². The second-order valence-electron chi connectivity index (χ2n) is 4.31. The van der Waals surface area contributed by atoms with Gasteiger partial charge in [-0.05, 0) is 37.1 Å². The highest BCUT2D eigenvalue weighted by Crippen LogP contribution is 2.18. The van der Waals surface area contributed by atoms with Crippen molar-refractivity contribution < 1.29 is 23.1 Å². The second kappa shape index (κ2) is 6.38. The van der Waals surface area contributed by atoms with E-state index < -0.39 is 21.9 Å². The van der Waals surface area contributed by atoms with Crippen LogP contribution < -0.4 is 10.5 Å². The standard InChI is InChI=1S/C12H16N2O5S/c1-8-7-9(12(13)17)4-5-10(8)14-20(18,19)6-2-3-11(15)16/h4-5,7,14H,2-3,6H2,1H3,(H2,13,17)(H,15,16). The molecular weight excluding hydrogens is 284 g/mol. The molecule has 110 valence electrons. The lowest BCUT2D eigenvalue weighted by molar-refractivity contribution is -0.137. The molecule has 0 heterocycles. The summed E-state index contributed by atoms with van der Waals surface area (Å²) < 4.78 is 25.9. The van der Waals surface area contributed by atoms with Crippen LogP contribution in [0.1, 0.15) is 28.8 Å². The van der Waals surface area contributed by atoms with E-state index in [2.05, 4.69) is 4.72 Å². The van der Waals surface area contributed by atoms with Crippen LogP contribution in [0.3, 0.4) is 0 Å². The highest BCUT2D eigenvalue weighted by Gasteiger charge is 2.13. The Labute approximate surface area is 116 Å². The largest absolute Gasteiger partial charge is 0.481 e. The Balaban J connectivity index is 2.77. The molecule has 0 saturated heterocycles. The third-order valence-electron chi connectivity index (χ3n) is 2.58. The SMILES string of the molecule is Cc1cc(C(N)=O)ccc1NS(=O)(=O)CCCC(=O)O. The molecule has 1 rings (SSSR count). The van der Waals surface area contributed by atoms with Gasteiger partial charge in [0.1, 0.15) is 0 Å². The number of anilines is 1. The van der Waals surface area contributed by atoms with Gasteiger partial charge in [0.25, 0.3) is 0 Å². The van der Waals surface area contributed by atoms with Crippen LogP contribution in [0.25, 0.3) is 0 Å². The van der Waals surface area contributed by atoms with E-state index in [-0.39, 0.29) is 24.2 Å². The first-order chi connectivity index (χ1) is 9.21. The maximum atomic E-state index is 11.8. The molecule has 1 aromatic rings. The zero-order valence-electron chi connectivity index (χ0n) is 10.9. The fourth-order valence-electron chi connectivity index (χ4n) is 1.56. The zero-order chi connectivity index (χ0) is 15.3. The number of nitrogens with one attached hydrogen (secondary N) is 1. The van der Waals surface area contributed by atoms with Crippen molar-refractivity contribution in [3.05, 3.63) is 29.3 Å². The lowest BCUT2D eigenvalue weighted by Gasteiger charge is -2.10. The summed E-state index contributed by atoms with van der Waals surface area (Å²) in [5.41, 5.74) is 6.31. The van der Waals surface area contributed by atoms with Crippen LogP contribution in [0.4, 0.5) is 5.69 Å². The number of primary amides is 1. The molecule has 1 amide bonds. The van der Waals surface area contributed by atoms with Gasteiger partial charge in [-0.15, -0.1) is 0 Å². The quantitative estimate of drug-likeness (QED) is 0.683. The second-order valence-corrected chi connectivity index (χ2v) is 6.15. The van der Waals surface area contributed by atoms with Crippen molar-refractivity contribution in [3.63, 3.8) is 0 Å². The van der Waals surface area contributed by atoms with Crippen molar-refractivity contribution in [2.45, 2.75) is 19.8 Å². The number of rotatable bonds is 7. The molecule has 1 aromatic carbocycles. The van der Waals surface area contributed by atoms with Crippen molar-refractivity contribution >= 4 is 27.6 Å². The first-order valence-electron chi connectivity index (χ1n) is 5.84. The predicted octanol–water partition coefficient (Wildman–Crippen LogP) is 0.700. The molecule has 0 fully saturated rings. The Kier molecular flexibility index (Phi) is 5.09. The summed E-state index contributed by atoms with van der Waals surface area (Å²) in [6, 6.07) is 4.35. The third kappa shape index (κ3) is 4.88. The van der Waals surface area contributed by atoms with Crippen molar-refractivity contribution in [2.75, 3.05) is 10.5 Å². The minimum absolute atomic E-state index is 0.0308. The van der Waals surface area contributed by atoms with Gasteiger partial charge in [0.2, 0.25) is 15.9 Å². The highest BCUT2D eigenvalue weighted by molar-refractivity contribution is 7.92. The number of aryl methyl sites for hydroxylation is 1. The molecule has 0 unspecified atom stereocenters. The summed E-state index contributed by atoms with van der Waals surface area (Å²) in [5.74, 6) is -1.91. The monoisotopic (exact) mass is 300 g/mol. The number of hydrogen-bond acceptors (Lipinski definition) is 4. The lowest BCUT2D eigenvalue weighted by atomic mass is 10.1. The Hall–Kier alpha value is -2.09. The molecule has 20 heavy (non-hydrogen) atoms. The summed E-state index contributed by atoms with van der Waals surface area (Å²) in [5, 5.41) is 8.47. The van der Waals surface area contributed by atoms with Gasteiger partial charge in [0.05, 0.1) is 11.4 Å². The van der Waals surface area contributed by atoms with E-state index in [9.17, 15) is 18.0 Å². The van der Waals surface area contributed by atoms with Gasteiger partial charge in [-0.2, -0.15) is 0 Å². The van der Waals surface area contributed by atoms with E-state index in [1.165, 1.54) is 18.2 Å². The number of benzene rings is 1. The molecule has 7 nitrogen and oxygen atoms in total. The maximum absolute atomic E-state index is 11.8. The molecule has 0 aromatic heterocycles. The molecular formula is C12H16N2O5S. The van der Waals surface area contributed by atoms with Crippen LogP contribution in [0, 0.1) is 6.92 Å². The van der Waals surface area contributed by atoms with Crippen LogP contribution in [0.15, 0.2) is 18.2 Å². The van der Waals surface area contributed by atoms with Crippen molar-refractivity contribution in [1.29, 1.82) is 0 Å². The molecule has 0 aliphatic carbocycles. The normalized spacial score (nSPS) is 11.1. The third-order valence-corrected chi connectivity index (χ3v) is 3.94. The van der Waals surface area contributed by atoms with Crippen LogP contribution in [-0.4, -0.2) is 31.2 Å². The Morgan fingerprint density at radius 3 is 2.50 bits per heavy atom. The maximum Gasteiger partial charge on any atom is 0.303 e. The lowest BCUT2D eigenvalue weighted by Crippen LogP contribution is -2.18. The fraction of sp³-hybridized carbons (Fsp3) is 0.333. The molecule has 0 bridgehead atoms. The number of aliphatic carboxylic acids is 1. The van der Waals surface area contributed by atoms with E-state index in [1.807, 2.05) is 0 Å². The van der Waals surface area contributed by atoms with Crippen LogP contribution in [-0.2, 0) is 14.8 Å². The van der Waals surface area contributed by atoms with Crippen molar-refractivity contribution in [2.24, 2.45) is 5.73 Å². The minimum Gasteiger partial charge on any atom is -0.481 e. The highest BCUT2D eigenvalue weighted by atomic mass is 32.2. The van der Waals surface area contributed by atoms with Gasteiger partial charge in [-0.1, -0.05) is 0 Å². The van der Waals surface area contributed by atoms with Crippen LogP contribution in [0.2, 0.25) is 0 Å². The van der Waals surface area contributed by atoms with Gasteiger partial charge in [-0.25, -0.2) is 8.42 Å². The number of amides is 1. The summed E-state index contributed by atoms with van der Waals surface area (Å²) >= 11 is 0. The van der Waals surface area contributed by atoms with Gasteiger partial charge < -0.3 is 10.8 Å². The molecule has 0 radical (unpaired) electrons. The summed E-state index contributed by atoms with van der Waals surface area (Å²) in [6.45, 7) is 1.64. The number of carbonyl (C=O) groups is 2. The first-order valence-corrected chi connectivity index (χ1v) is 7.49. The van der Waals surface area contributed by atoms with E-state index in [0.717, 1.165) is 0 Å². The molecule has 0 aliphatic rings. The van der Waals surface area contributed by atoms with Gasteiger partial charge >= 0.3 is 5.97 Å². The molecule has 0 saturated carbocycles. The Morgan fingerprint density at radius 2 is 2.00 bits per heavy atom. The fourth-order valence-corrected chi connectivity index (χ4v) is 2.75. The van der Waals surface area contributed by atoms with E-state index >= 15 is 0 Å². The average Bonchev–Trinajstić information content (AvgIpc) is 2.30. The minimum atomic E-state index is -3.62. The van der Waals surface area contributed by atoms with Gasteiger partial charge in [0, 0.05) is 12.0 Å². The van der Waals surface area contributed by atoms with Gasteiger partial charge in [0.15, 0.2) is 0 Å². The smallest absolute Gasteiger partial charge is 0.303 e. The first kappa shape index (κ1) is 16.0. The number of sulfonamides is 1. The average molecular weight is 300 g/mol. The van der Waals surface area contributed by atoms with Crippen molar-refractivity contribution in [1.82, 2.24) is 0 Å².